The lowest BCUT2D eigenvalue weighted by atomic mass is 10.0. The molecule has 0 unspecified atom stereocenters. The Balaban J connectivity index is 2.18. The molecule has 0 atom stereocenters. The van der Waals surface area contributed by atoms with Gasteiger partial charge in [-0.15, -0.1) is 0 Å². The fourth-order valence-electron chi connectivity index (χ4n) is 2.41. The Morgan fingerprint density at radius 1 is 1.15 bits per heavy atom. The summed E-state index contributed by atoms with van der Waals surface area (Å²) in [5.41, 5.74) is 0.152. The molecule has 0 saturated carbocycles. The zero-order valence-corrected chi connectivity index (χ0v) is 12.3. The number of carbonyl (C=O) groups excluding carboxylic acids is 1. The first-order chi connectivity index (χ1) is 9.37. The van der Waals surface area contributed by atoms with Crippen molar-refractivity contribution in [3.05, 3.63) is 48.0 Å². The van der Waals surface area contributed by atoms with Crippen molar-refractivity contribution in [3.8, 4) is 0 Å². The Bertz CT molecular complexity index is 608. The molecule has 0 heterocycles. The fraction of sp³-hybridized carbons (Fsp3) is 0.353. The van der Waals surface area contributed by atoms with E-state index in [9.17, 15) is 9.90 Å². The number of amides is 1. The first kappa shape index (κ1) is 14.5. The van der Waals surface area contributed by atoms with Crippen LogP contribution >= 0.6 is 0 Å². The van der Waals surface area contributed by atoms with Gasteiger partial charge in [-0.2, -0.15) is 0 Å². The first-order valence-corrected chi connectivity index (χ1v) is 6.80. The van der Waals surface area contributed by atoms with Crippen LogP contribution in [0.1, 0.15) is 19.4 Å². The van der Waals surface area contributed by atoms with E-state index >= 15 is 0 Å². The summed E-state index contributed by atoms with van der Waals surface area (Å²) in [6.07, 6.45) is 0.355. The predicted molar refractivity (Wildman–Crippen MR) is 81.6 cm³/mol. The lowest BCUT2D eigenvalue weighted by Crippen LogP contribution is -2.40. The molecule has 1 amide bonds. The molecule has 0 saturated heterocycles. The average Bonchev–Trinajstić information content (AvgIpc) is 2.37. The van der Waals surface area contributed by atoms with Crippen LogP contribution in [0, 0.1) is 0 Å². The van der Waals surface area contributed by atoms with Crippen molar-refractivity contribution in [1.29, 1.82) is 0 Å². The van der Waals surface area contributed by atoms with Crippen LogP contribution in [-0.4, -0.2) is 35.1 Å². The lowest BCUT2D eigenvalue weighted by Gasteiger charge is -2.25. The first-order valence-electron chi connectivity index (χ1n) is 6.80. The SMILES string of the molecule is CN(CC(C)(C)O)C(=O)Cc1cccc2ccccc12. The Kier molecular flexibility index (Phi) is 4.09. The second-order valence-corrected chi connectivity index (χ2v) is 5.88. The highest BCUT2D eigenvalue weighted by atomic mass is 16.3. The second kappa shape index (κ2) is 5.63. The Labute approximate surface area is 119 Å². The molecule has 0 fully saturated rings. The highest BCUT2D eigenvalue weighted by Gasteiger charge is 2.19. The van der Waals surface area contributed by atoms with Gasteiger partial charge in [-0.05, 0) is 30.2 Å². The molecular weight excluding hydrogens is 250 g/mol. The van der Waals surface area contributed by atoms with Crippen molar-refractivity contribution in [2.24, 2.45) is 0 Å². The Morgan fingerprint density at radius 2 is 1.80 bits per heavy atom. The van der Waals surface area contributed by atoms with E-state index in [4.69, 9.17) is 0 Å². The monoisotopic (exact) mass is 271 g/mol. The number of rotatable bonds is 4. The number of carbonyl (C=O) groups is 1. The van der Waals surface area contributed by atoms with Crippen LogP contribution < -0.4 is 0 Å². The third-order valence-electron chi connectivity index (χ3n) is 3.27. The zero-order chi connectivity index (χ0) is 14.8. The van der Waals surface area contributed by atoms with E-state index in [0.29, 0.717) is 13.0 Å². The van der Waals surface area contributed by atoms with Gasteiger partial charge in [-0.1, -0.05) is 42.5 Å². The van der Waals surface area contributed by atoms with Crippen LogP contribution in [0.25, 0.3) is 10.8 Å². The molecule has 3 heteroatoms. The summed E-state index contributed by atoms with van der Waals surface area (Å²) >= 11 is 0. The van der Waals surface area contributed by atoms with Crippen LogP contribution in [0.5, 0.6) is 0 Å². The summed E-state index contributed by atoms with van der Waals surface area (Å²) in [5.74, 6) is 0.0171. The maximum atomic E-state index is 12.2. The lowest BCUT2D eigenvalue weighted by molar-refractivity contribution is -0.131. The van der Waals surface area contributed by atoms with E-state index in [1.807, 2.05) is 42.5 Å². The predicted octanol–water partition coefficient (Wildman–Crippen LogP) is 2.61. The minimum absolute atomic E-state index is 0.0171. The van der Waals surface area contributed by atoms with Crippen molar-refractivity contribution in [2.45, 2.75) is 25.9 Å². The molecule has 0 radical (unpaired) electrons. The molecule has 2 aromatic carbocycles. The number of fused-ring (bicyclic) bond motifs is 1. The number of hydrogen-bond donors (Lipinski definition) is 1. The van der Waals surface area contributed by atoms with Crippen molar-refractivity contribution >= 4 is 16.7 Å². The molecule has 0 aliphatic heterocycles. The largest absolute Gasteiger partial charge is 0.389 e. The molecule has 0 aromatic heterocycles. The molecule has 106 valence electrons. The second-order valence-electron chi connectivity index (χ2n) is 5.88. The molecule has 0 spiro atoms. The molecular formula is C17H21NO2. The third-order valence-corrected chi connectivity index (χ3v) is 3.27. The number of benzene rings is 2. The van der Waals surface area contributed by atoms with Gasteiger partial charge < -0.3 is 10.0 Å². The normalized spacial score (nSPS) is 11.6. The Morgan fingerprint density at radius 3 is 2.50 bits per heavy atom. The summed E-state index contributed by atoms with van der Waals surface area (Å²) in [4.78, 5) is 13.8. The van der Waals surface area contributed by atoms with Crippen LogP contribution in [0.4, 0.5) is 0 Å². The van der Waals surface area contributed by atoms with Crippen LogP contribution in [0.2, 0.25) is 0 Å². The van der Waals surface area contributed by atoms with Gasteiger partial charge in [-0.3, -0.25) is 4.79 Å². The number of likely N-dealkylation sites (N-methyl/N-ethyl adjacent to an activating group) is 1. The summed E-state index contributed by atoms with van der Waals surface area (Å²) in [6, 6.07) is 14.1. The molecule has 2 rings (SSSR count). The minimum Gasteiger partial charge on any atom is -0.389 e. The van der Waals surface area contributed by atoms with E-state index < -0.39 is 5.60 Å². The van der Waals surface area contributed by atoms with Crippen molar-refractivity contribution < 1.29 is 9.90 Å². The van der Waals surface area contributed by atoms with Crippen molar-refractivity contribution in [2.75, 3.05) is 13.6 Å². The summed E-state index contributed by atoms with van der Waals surface area (Å²) in [5, 5.41) is 12.0. The van der Waals surface area contributed by atoms with Gasteiger partial charge in [0.15, 0.2) is 0 Å². The van der Waals surface area contributed by atoms with E-state index in [0.717, 1.165) is 16.3 Å². The van der Waals surface area contributed by atoms with Gasteiger partial charge in [-0.25, -0.2) is 0 Å². The quantitative estimate of drug-likeness (QED) is 0.928. The summed E-state index contributed by atoms with van der Waals surface area (Å²) in [6.45, 7) is 3.74. The minimum atomic E-state index is -0.872. The number of aliphatic hydroxyl groups is 1. The van der Waals surface area contributed by atoms with Crippen LogP contribution in [0.15, 0.2) is 42.5 Å². The molecule has 3 nitrogen and oxygen atoms in total. The zero-order valence-electron chi connectivity index (χ0n) is 12.3. The van der Waals surface area contributed by atoms with Crippen LogP contribution in [-0.2, 0) is 11.2 Å². The smallest absolute Gasteiger partial charge is 0.226 e. The van der Waals surface area contributed by atoms with Gasteiger partial charge in [0.1, 0.15) is 0 Å². The van der Waals surface area contributed by atoms with Gasteiger partial charge in [0.25, 0.3) is 0 Å². The highest BCUT2D eigenvalue weighted by Crippen LogP contribution is 2.19. The average molecular weight is 271 g/mol. The third kappa shape index (κ3) is 3.58. The van der Waals surface area contributed by atoms with Crippen molar-refractivity contribution in [1.82, 2.24) is 4.90 Å². The van der Waals surface area contributed by atoms with E-state index in [2.05, 4.69) is 0 Å². The van der Waals surface area contributed by atoms with Crippen molar-refractivity contribution in [3.63, 3.8) is 0 Å². The molecule has 1 N–H and O–H groups in total. The molecule has 0 aliphatic carbocycles. The number of hydrogen-bond acceptors (Lipinski definition) is 2. The molecule has 2 aromatic rings. The summed E-state index contributed by atoms with van der Waals surface area (Å²) in [7, 11) is 1.73. The standard InChI is InChI=1S/C17H21NO2/c1-17(2,20)12-18(3)16(19)11-14-9-6-8-13-7-4-5-10-15(13)14/h4-10,20H,11-12H2,1-3H3. The van der Waals surface area contributed by atoms with Gasteiger partial charge >= 0.3 is 0 Å². The molecule has 20 heavy (non-hydrogen) atoms. The highest BCUT2D eigenvalue weighted by molar-refractivity contribution is 5.90. The fourth-order valence-corrected chi connectivity index (χ4v) is 2.41. The van der Waals surface area contributed by atoms with E-state index in [1.54, 1.807) is 25.8 Å². The van der Waals surface area contributed by atoms with Gasteiger partial charge in [0.05, 0.1) is 12.0 Å². The van der Waals surface area contributed by atoms with E-state index in [-0.39, 0.29) is 5.91 Å². The maximum absolute atomic E-state index is 12.2. The van der Waals surface area contributed by atoms with E-state index in [1.165, 1.54) is 0 Å². The topological polar surface area (TPSA) is 40.5 Å². The maximum Gasteiger partial charge on any atom is 0.226 e. The van der Waals surface area contributed by atoms with Gasteiger partial charge in [0.2, 0.25) is 5.91 Å². The number of nitrogens with zero attached hydrogens (tertiary/aromatic N) is 1. The molecule has 0 bridgehead atoms. The van der Waals surface area contributed by atoms with Gasteiger partial charge in [0, 0.05) is 13.6 Å². The molecule has 0 aliphatic rings. The Hall–Kier alpha value is -1.87. The van der Waals surface area contributed by atoms with Crippen LogP contribution in [0.3, 0.4) is 0 Å². The summed E-state index contributed by atoms with van der Waals surface area (Å²) < 4.78 is 0.